The van der Waals surface area contributed by atoms with Crippen molar-refractivity contribution in [2.75, 3.05) is 43.4 Å². The number of nitriles is 1. The number of aromatic nitrogens is 3. The Morgan fingerprint density at radius 3 is 2.50 bits per heavy atom. The number of carbonyl (C=O) groups is 1. The summed E-state index contributed by atoms with van der Waals surface area (Å²) in [6.45, 7) is 15.2. The van der Waals surface area contributed by atoms with Crippen LogP contribution in [0.15, 0.2) is 96.0 Å². The molecule has 6 aromatic rings. The Labute approximate surface area is 328 Å². The Morgan fingerprint density at radius 2 is 1.79 bits per heavy atom. The summed E-state index contributed by atoms with van der Waals surface area (Å²) in [5.41, 5.74) is 8.66. The number of carbonyl (C=O) groups excluding carboxylic acids is 1. The van der Waals surface area contributed by atoms with Crippen LogP contribution in [0.3, 0.4) is 0 Å². The number of anilines is 2. The average molecular weight is 751 g/mol. The monoisotopic (exact) mass is 750 g/mol. The number of nitrogens with zero attached hydrogens (tertiary/aromatic N) is 5. The Bertz CT molecular complexity index is 2290. The van der Waals surface area contributed by atoms with Crippen LogP contribution < -0.4 is 15.4 Å². The van der Waals surface area contributed by atoms with Crippen LogP contribution in [0.2, 0.25) is 0 Å². The standard InChI is InChI=1S/C32H33N5O.C9H9N3O.C4H8O/c1-23-10-13-30(31(20-23)34-2)35-16-19-37-17-14-24(15-18-37)29-8-5-9-32(36-29)38-22-26-12-11-25(21-33)27-6-3-4-7-28(26)27;1-6-8-4-7(10-5-13)2-3-9(8)12-11-6;1-4-2-3-5-4/h3-13,20,24,35H,2,14-19,22H2,1H3;2-5H,1H3,(H,10,13)(H,11,12);4H,2-3H2,1H3/t;;4-/m..1/s1. The number of hydrogen-bond donors (Lipinski definition) is 3. The lowest BCUT2D eigenvalue weighted by Crippen LogP contribution is -2.36. The fourth-order valence-corrected chi connectivity index (χ4v) is 6.85. The number of hydrogen-bond acceptors (Lipinski definition) is 9. The second kappa shape index (κ2) is 19.5. The van der Waals surface area contributed by atoms with Gasteiger partial charge in [-0.1, -0.05) is 42.5 Å². The number of pyridine rings is 1. The van der Waals surface area contributed by atoms with Crippen molar-refractivity contribution in [2.45, 2.75) is 58.7 Å². The summed E-state index contributed by atoms with van der Waals surface area (Å²) in [6.07, 6.45) is 4.66. The molecule has 0 bridgehead atoms. The van der Waals surface area contributed by atoms with Crippen molar-refractivity contribution in [2.24, 2.45) is 4.99 Å². The molecule has 2 aliphatic rings. The van der Waals surface area contributed by atoms with E-state index in [-0.39, 0.29) is 0 Å². The van der Waals surface area contributed by atoms with Crippen molar-refractivity contribution in [1.29, 1.82) is 5.26 Å². The number of benzene rings is 4. The number of piperidine rings is 1. The highest BCUT2D eigenvalue weighted by atomic mass is 16.5. The van der Waals surface area contributed by atoms with Gasteiger partial charge < -0.3 is 25.0 Å². The van der Waals surface area contributed by atoms with E-state index in [1.54, 1.807) is 0 Å². The van der Waals surface area contributed by atoms with Crippen molar-refractivity contribution >= 4 is 51.9 Å². The third kappa shape index (κ3) is 10.4. The number of likely N-dealkylation sites (tertiary alicyclic amines) is 1. The zero-order valence-corrected chi connectivity index (χ0v) is 32.4. The maximum absolute atomic E-state index is 10.2. The van der Waals surface area contributed by atoms with Crippen molar-refractivity contribution < 1.29 is 14.3 Å². The molecule has 1 atom stereocenters. The molecular formula is C45H50N8O3. The molecule has 2 aromatic heterocycles. The maximum Gasteiger partial charge on any atom is 0.213 e. The van der Waals surface area contributed by atoms with Gasteiger partial charge in [0.2, 0.25) is 12.3 Å². The molecule has 56 heavy (non-hydrogen) atoms. The van der Waals surface area contributed by atoms with Crippen LogP contribution in [0.1, 0.15) is 60.2 Å². The van der Waals surface area contributed by atoms with E-state index in [1.807, 2.05) is 73.7 Å². The summed E-state index contributed by atoms with van der Waals surface area (Å²) in [5, 5.41) is 25.5. The van der Waals surface area contributed by atoms with Gasteiger partial charge in [0.25, 0.3) is 0 Å². The van der Waals surface area contributed by atoms with Gasteiger partial charge in [-0.2, -0.15) is 10.4 Å². The Balaban J connectivity index is 0.000000240. The van der Waals surface area contributed by atoms with Gasteiger partial charge in [-0.05, 0) is 124 Å². The van der Waals surface area contributed by atoms with E-state index in [0.29, 0.717) is 36.5 Å². The molecule has 0 unspecified atom stereocenters. The SMILES string of the molecule is C=Nc1cc(C)ccc1NCCN1CCC(c2cccc(OCc3ccc(C#N)c4ccccc34)n2)CC1.C[C@@H]1CCO1.Cc1[nH]nc2ccc(NC=O)cc12. The second-order valence-electron chi connectivity index (χ2n) is 14.2. The molecule has 1 amide bonds. The number of aromatic amines is 1. The number of fused-ring (bicyclic) bond motifs is 2. The van der Waals surface area contributed by atoms with Crippen molar-refractivity contribution in [3.8, 4) is 11.9 Å². The van der Waals surface area contributed by atoms with Crippen LogP contribution in [-0.2, 0) is 16.1 Å². The van der Waals surface area contributed by atoms with E-state index in [4.69, 9.17) is 14.5 Å². The van der Waals surface area contributed by atoms with Crippen LogP contribution in [0.4, 0.5) is 17.1 Å². The van der Waals surface area contributed by atoms with Crippen LogP contribution in [0, 0.1) is 25.2 Å². The quantitative estimate of drug-likeness (QED) is 0.0882. The molecule has 8 rings (SSSR count). The normalized spacial score (nSPS) is 15.3. The minimum absolute atomic E-state index is 0.415. The van der Waals surface area contributed by atoms with Crippen LogP contribution in [0.5, 0.6) is 5.88 Å². The largest absolute Gasteiger partial charge is 0.473 e. The number of rotatable bonds is 11. The fraction of sp³-hybridized carbons (Fsp3) is 0.311. The summed E-state index contributed by atoms with van der Waals surface area (Å²) in [6, 6.07) is 32.0. The van der Waals surface area contributed by atoms with Gasteiger partial charge in [0.15, 0.2) is 0 Å². The molecule has 0 radical (unpaired) electrons. The third-order valence-electron chi connectivity index (χ3n) is 10.2. The highest BCUT2D eigenvalue weighted by Gasteiger charge is 2.22. The summed E-state index contributed by atoms with van der Waals surface area (Å²) in [4.78, 5) is 21.7. The molecule has 3 N–H and O–H groups in total. The van der Waals surface area contributed by atoms with Crippen LogP contribution >= 0.6 is 0 Å². The van der Waals surface area contributed by atoms with E-state index < -0.39 is 0 Å². The van der Waals surface area contributed by atoms with Gasteiger partial charge in [-0.15, -0.1) is 0 Å². The Kier molecular flexibility index (Phi) is 13.8. The molecule has 288 valence electrons. The smallest absolute Gasteiger partial charge is 0.213 e. The van der Waals surface area contributed by atoms with Crippen LogP contribution in [0.25, 0.3) is 21.7 Å². The molecule has 2 fully saturated rings. The molecule has 11 heteroatoms. The number of amides is 1. The Morgan fingerprint density at radius 1 is 1.00 bits per heavy atom. The highest BCUT2D eigenvalue weighted by Crippen LogP contribution is 2.30. The lowest BCUT2D eigenvalue weighted by Gasteiger charge is -2.31. The highest BCUT2D eigenvalue weighted by molar-refractivity contribution is 5.90. The lowest BCUT2D eigenvalue weighted by atomic mass is 9.93. The lowest BCUT2D eigenvalue weighted by molar-refractivity contribution is -0.105. The zero-order valence-electron chi connectivity index (χ0n) is 32.4. The van der Waals surface area contributed by atoms with Crippen molar-refractivity contribution in [3.63, 3.8) is 0 Å². The minimum Gasteiger partial charge on any atom is -0.473 e. The molecule has 2 aliphatic heterocycles. The first-order valence-corrected chi connectivity index (χ1v) is 19.2. The second-order valence-corrected chi connectivity index (χ2v) is 14.2. The maximum atomic E-state index is 10.2. The number of aliphatic imine (C=N–C) groups is 1. The van der Waals surface area contributed by atoms with E-state index in [0.717, 1.165) is 101 Å². The average Bonchev–Trinajstić information content (AvgIpc) is 3.59. The fourth-order valence-electron chi connectivity index (χ4n) is 6.85. The summed E-state index contributed by atoms with van der Waals surface area (Å²) < 4.78 is 11.1. The van der Waals surface area contributed by atoms with Crippen molar-refractivity contribution in [1.82, 2.24) is 20.1 Å². The Hall–Kier alpha value is -6.09. The zero-order chi connectivity index (χ0) is 39.3. The van der Waals surface area contributed by atoms with Crippen LogP contribution in [-0.4, -0.2) is 72.1 Å². The predicted octanol–water partition coefficient (Wildman–Crippen LogP) is 8.85. The summed E-state index contributed by atoms with van der Waals surface area (Å²) in [5.74, 6) is 1.08. The first kappa shape index (κ1) is 39.6. The molecule has 4 heterocycles. The number of aryl methyl sites for hydroxylation is 2. The van der Waals surface area contributed by atoms with E-state index in [2.05, 4.69) is 81.6 Å². The first-order valence-electron chi connectivity index (χ1n) is 19.2. The van der Waals surface area contributed by atoms with E-state index in [9.17, 15) is 10.1 Å². The number of H-pyrrole nitrogens is 1. The summed E-state index contributed by atoms with van der Waals surface area (Å²) in [7, 11) is 0. The summed E-state index contributed by atoms with van der Waals surface area (Å²) >= 11 is 0. The molecule has 0 spiro atoms. The topological polar surface area (TPSA) is 141 Å². The first-order chi connectivity index (χ1) is 27.3. The molecule has 11 nitrogen and oxygen atoms in total. The van der Waals surface area contributed by atoms with Gasteiger partial charge in [-0.3, -0.25) is 14.9 Å². The van der Waals surface area contributed by atoms with Gasteiger partial charge in [0.1, 0.15) is 6.61 Å². The van der Waals surface area contributed by atoms with Gasteiger partial charge in [0.05, 0.1) is 34.6 Å². The molecule has 0 aliphatic carbocycles. The molecule has 2 saturated heterocycles. The van der Waals surface area contributed by atoms with Gasteiger partial charge in [-0.25, -0.2) is 4.98 Å². The van der Waals surface area contributed by atoms with Crippen molar-refractivity contribution in [3.05, 3.63) is 119 Å². The predicted molar refractivity (Wildman–Crippen MR) is 225 cm³/mol. The van der Waals surface area contributed by atoms with E-state index in [1.165, 1.54) is 12.0 Å². The molecule has 4 aromatic carbocycles. The van der Waals surface area contributed by atoms with Gasteiger partial charge in [0, 0.05) is 54.1 Å². The number of ether oxygens (including phenoxy) is 2. The minimum atomic E-state index is 0.415. The molecular weight excluding hydrogens is 701 g/mol. The number of nitrogens with one attached hydrogen (secondary N) is 3. The third-order valence-corrected chi connectivity index (χ3v) is 10.2. The van der Waals surface area contributed by atoms with E-state index >= 15 is 0 Å². The molecule has 0 saturated carbocycles. The van der Waals surface area contributed by atoms with Gasteiger partial charge >= 0.3 is 0 Å².